The molecule has 0 aliphatic heterocycles. The molecule has 0 N–H and O–H groups in total. The molecule has 1 heterocycles. The molecule has 0 fully saturated rings. The van der Waals surface area contributed by atoms with Crippen molar-refractivity contribution in [2.24, 2.45) is 0 Å². The average molecular weight is 438 g/mol. The van der Waals surface area contributed by atoms with Crippen molar-refractivity contribution in [2.75, 3.05) is 32.8 Å². The average Bonchev–Trinajstić information content (AvgIpc) is 3.17. The maximum atomic E-state index is 13.2. The third kappa shape index (κ3) is 4.51. The smallest absolute Gasteiger partial charge is 0.374 e. The lowest BCUT2D eigenvalue weighted by Gasteiger charge is -2.21. The number of halogens is 1. The van der Waals surface area contributed by atoms with Crippen LogP contribution in [0.3, 0.4) is 0 Å². The number of carbonyl (C=O) groups is 2. The highest BCUT2D eigenvalue weighted by molar-refractivity contribution is 9.10. The highest BCUT2D eigenvalue weighted by atomic mass is 79.9. The van der Waals surface area contributed by atoms with E-state index in [1.165, 1.54) is 32.3 Å². The van der Waals surface area contributed by atoms with Crippen LogP contribution in [0.2, 0.25) is 0 Å². The molecule has 0 atom stereocenters. The molecule has 0 bridgehead atoms. The van der Waals surface area contributed by atoms with E-state index in [-0.39, 0.29) is 17.6 Å². The minimum Gasteiger partial charge on any atom is -0.493 e. The predicted molar refractivity (Wildman–Crippen MR) is 104 cm³/mol. The number of rotatable bonds is 8. The van der Waals surface area contributed by atoms with E-state index in [2.05, 4.69) is 27.2 Å². The zero-order chi connectivity index (χ0) is 20.0. The first kappa shape index (κ1) is 20.6. The van der Waals surface area contributed by atoms with Crippen LogP contribution < -0.4 is 14.4 Å². The zero-order valence-electron chi connectivity index (χ0n) is 15.3. The normalized spacial score (nSPS) is 10.2. The van der Waals surface area contributed by atoms with E-state index in [1.807, 2.05) is 0 Å². The van der Waals surface area contributed by atoms with Gasteiger partial charge < -0.3 is 18.6 Å². The number of hydrogen-bond acceptors (Lipinski definition) is 6. The molecule has 2 rings (SSSR count). The molecular weight excluding hydrogens is 418 g/mol. The fourth-order valence-corrected chi connectivity index (χ4v) is 2.87. The Morgan fingerprint density at radius 3 is 2.44 bits per heavy atom. The SMILES string of the molecule is C=CCCN(C(=O)c1cc(OC)c(OC)cc1Br)c1ccc(C(=O)OC)o1. The van der Waals surface area contributed by atoms with Crippen LogP contribution >= 0.6 is 15.9 Å². The third-order valence-electron chi connectivity index (χ3n) is 3.75. The Morgan fingerprint density at radius 1 is 1.19 bits per heavy atom. The fraction of sp³-hybridized carbons (Fsp3) is 0.263. The molecular formula is C19H20BrNO6. The van der Waals surface area contributed by atoms with E-state index >= 15 is 0 Å². The first-order valence-electron chi connectivity index (χ1n) is 7.99. The van der Waals surface area contributed by atoms with Gasteiger partial charge in [-0.3, -0.25) is 9.69 Å². The van der Waals surface area contributed by atoms with Crippen LogP contribution in [0.5, 0.6) is 11.5 Å². The number of ether oxygens (including phenoxy) is 3. The van der Waals surface area contributed by atoms with Gasteiger partial charge in [0.25, 0.3) is 5.91 Å². The van der Waals surface area contributed by atoms with Gasteiger partial charge in [0.1, 0.15) is 0 Å². The molecule has 7 nitrogen and oxygen atoms in total. The van der Waals surface area contributed by atoms with Crippen LogP contribution in [0.1, 0.15) is 27.3 Å². The number of benzene rings is 1. The molecule has 1 aromatic carbocycles. The minimum atomic E-state index is -0.621. The topological polar surface area (TPSA) is 78.2 Å². The predicted octanol–water partition coefficient (Wildman–Crippen LogP) is 4.07. The van der Waals surface area contributed by atoms with E-state index in [4.69, 9.17) is 13.9 Å². The Kier molecular flexibility index (Phi) is 7.06. The summed E-state index contributed by atoms with van der Waals surface area (Å²) >= 11 is 3.39. The van der Waals surface area contributed by atoms with Crippen molar-refractivity contribution in [2.45, 2.75) is 6.42 Å². The Balaban J connectivity index is 2.44. The second kappa shape index (κ2) is 9.27. The molecule has 0 unspecified atom stereocenters. The molecule has 27 heavy (non-hydrogen) atoms. The van der Waals surface area contributed by atoms with Crippen molar-refractivity contribution < 1.29 is 28.2 Å². The number of nitrogens with zero attached hydrogens (tertiary/aromatic N) is 1. The second-order valence-electron chi connectivity index (χ2n) is 5.35. The maximum Gasteiger partial charge on any atom is 0.374 e. The number of hydrogen-bond donors (Lipinski definition) is 0. The summed E-state index contributed by atoms with van der Waals surface area (Å²) in [5, 5.41) is 0. The van der Waals surface area contributed by atoms with Crippen LogP contribution in [0.15, 0.2) is 45.8 Å². The molecule has 0 aliphatic carbocycles. The van der Waals surface area contributed by atoms with Gasteiger partial charge in [0.15, 0.2) is 11.5 Å². The van der Waals surface area contributed by atoms with Crippen molar-refractivity contribution in [3.05, 3.63) is 52.7 Å². The van der Waals surface area contributed by atoms with Crippen LogP contribution in [0.4, 0.5) is 5.88 Å². The largest absolute Gasteiger partial charge is 0.493 e. The lowest BCUT2D eigenvalue weighted by atomic mass is 10.1. The van der Waals surface area contributed by atoms with Gasteiger partial charge in [0.05, 0.1) is 26.9 Å². The lowest BCUT2D eigenvalue weighted by Crippen LogP contribution is -2.31. The molecule has 0 radical (unpaired) electrons. The van der Waals surface area contributed by atoms with E-state index < -0.39 is 5.97 Å². The Hall–Kier alpha value is -2.74. The highest BCUT2D eigenvalue weighted by Gasteiger charge is 2.25. The highest BCUT2D eigenvalue weighted by Crippen LogP contribution is 2.34. The van der Waals surface area contributed by atoms with Gasteiger partial charge in [-0.1, -0.05) is 6.08 Å². The van der Waals surface area contributed by atoms with E-state index in [9.17, 15) is 9.59 Å². The van der Waals surface area contributed by atoms with Gasteiger partial charge in [0, 0.05) is 17.1 Å². The molecule has 1 aromatic heterocycles. The number of methoxy groups -OCH3 is 3. The molecule has 0 aliphatic rings. The standard InChI is InChI=1S/C19H20BrNO6/c1-5-6-9-21(17-8-7-14(27-17)19(23)26-4)18(22)12-10-15(24-2)16(25-3)11-13(12)20/h5,7-8,10-11H,1,6,9H2,2-4H3. The Labute approximate surface area is 165 Å². The summed E-state index contributed by atoms with van der Waals surface area (Å²) in [6.45, 7) is 4.00. The van der Waals surface area contributed by atoms with Crippen LogP contribution in [-0.4, -0.2) is 39.8 Å². The molecule has 1 amide bonds. The number of amides is 1. The Morgan fingerprint density at radius 2 is 1.85 bits per heavy atom. The van der Waals surface area contributed by atoms with Crippen molar-refractivity contribution in [1.82, 2.24) is 0 Å². The summed E-state index contributed by atoms with van der Waals surface area (Å²) in [6.07, 6.45) is 2.22. The molecule has 144 valence electrons. The summed E-state index contributed by atoms with van der Waals surface area (Å²) in [4.78, 5) is 26.2. The summed E-state index contributed by atoms with van der Waals surface area (Å²) in [6, 6.07) is 6.23. The summed E-state index contributed by atoms with van der Waals surface area (Å²) in [5.41, 5.74) is 0.354. The van der Waals surface area contributed by atoms with E-state index in [0.29, 0.717) is 34.5 Å². The van der Waals surface area contributed by atoms with Gasteiger partial charge in [-0.05, 0) is 40.5 Å². The summed E-state index contributed by atoms with van der Waals surface area (Å²) in [5.74, 6) is 0.186. The zero-order valence-corrected chi connectivity index (χ0v) is 16.9. The summed E-state index contributed by atoms with van der Waals surface area (Å²) < 4.78 is 21.2. The van der Waals surface area contributed by atoms with Crippen LogP contribution in [-0.2, 0) is 4.74 Å². The van der Waals surface area contributed by atoms with Gasteiger partial charge >= 0.3 is 5.97 Å². The molecule has 8 heteroatoms. The quantitative estimate of drug-likeness (QED) is 0.457. The lowest BCUT2D eigenvalue weighted by molar-refractivity contribution is 0.0565. The molecule has 2 aromatic rings. The van der Waals surface area contributed by atoms with Crippen molar-refractivity contribution in [1.29, 1.82) is 0 Å². The maximum absolute atomic E-state index is 13.2. The van der Waals surface area contributed by atoms with Crippen LogP contribution in [0, 0.1) is 0 Å². The number of furan rings is 1. The molecule has 0 spiro atoms. The summed E-state index contributed by atoms with van der Waals surface area (Å²) in [7, 11) is 4.26. The Bertz CT molecular complexity index is 845. The minimum absolute atomic E-state index is 0.00952. The number of esters is 1. The first-order chi connectivity index (χ1) is 13.0. The molecule has 0 saturated heterocycles. The fourth-order valence-electron chi connectivity index (χ4n) is 2.38. The first-order valence-corrected chi connectivity index (χ1v) is 8.78. The van der Waals surface area contributed by atoms with E-state index in [0.717, 1.165) is 0 Å². The number of carbonyl (C=O) groups excluding carboxylic acids is 2. The van der Waals surface area contributed by atoms with Gasteiger partial charge in [-0.15, -0.1) is 6.58 Å². The van der Waals surface area contributed by atoms with Crippen LogP contribution in [0.25, 0.3) is 0 Å². The second-order valence-corrected chi connectivity index (χ2v) is 6.20. The number of anilines is 1. The van der Waals surface area contributed by atoms with E-state index in [1.54, 1.807) is 24.3 Å². The van der Waals surface area contributed by atoms with Gasteiger partial charge in [0.2, 0.25) is 11.6 Å². The van der Waals surface area contributed by atoms with Crippen molar-refractivity contribution in [3.63, 3.8) is 0 Å². The third-order valence-corrected chi connectivity index (χ3v) is 4.41. The van der Waals surface area contributed by atoms with Gasteiger partial charge in [-0.2, -0.15) is 0 Å². The molecule has 0 saturated carbocycles. The monoisotopic (exact) mass is 437 g/mol. The van der Waals surface area contributed by atoms with Crippen molar-refractivity contribution in [3.8, 4) is 11.5 Å². The van der Waals surface area contributed by atoms with Gasteiger partial charge in [-0.25, -0.2) is 4.79 Å². The van der Waals surface area contributed by atoms with Crippen molar-refractivity contribution >= 4 is 33.7 Å².